The van der Waals surface area contributed by atoms with Crippen LogP contribution in [-0.4, -0.2) is 34.6 Å². The van der Waals surface area contributed by atoms with Crippen molar-refractivity contribution in [1.29, 1.82) is 0 Å². The Morgan fingerprint density at radius 1 is 1.48 bits per heavy atom. The van der Waals surface area contributed by atoms with Crippen LogP contribution < -0.4 is 5.32 Å². The molecule has 1 fully saturated rings. The second-order valence-corrected chi connectivity index (χ2v) is 6.44. The van der Waals surface area contributed by atoms with Gasteiger partial charge >= 0.3 is 12.0 Å². The maximum absolute atomic E-state index is 12.3. The number of nitrogens with one attached hydrogen (secondary N) is 1. The van der Waals surface area contributed by atoms with Crippen molar-refractivity contribution in [1.82, 2.24) is 4.90 Å². The number of anilines is 1. The molecule has 21 heavy (non-hydrogen) atoms. The van der Waals surface area contributed by atoms with E-state index in [-0.39, 0.29) is 12.1 Å². The van der Waals surface area contributed by atoms with Crippen molar-refractivity contribution in [3.05, 3.63) is 27.2 Å². The number of carboxylic acid groups (broad SMARTS) is 1. The summed E-state index contributed by atoms with van der Waals surface area (Å²) >= 11 is 9.44. The fourth-order valence-electron chi connectivity index (χ4n) is 2.49. The van der Waals surface area contributed by atoms with Crippen molar-refractivity contribution in [3.63, 3.8) is 0 Å². The van der Waals surface area contributed by atoms with Gasteiger partial charge in [-0.25, -0.2) is 4.79 Å². The molecule has 2 unspecified atom stereocenters. The Labute approximate surface area is 136 Å². The second-order valence-electron chi connectivity index (χ2n) is 5.18. The van der Waals surface area contributed by atoms with Gasteiger partial charge in [0.1, 0.15) is 0 Å². The van der Waals surface area contributed by atoms with E-state index in [0.717, 1.165) is 10.0 Å². The number of nitrogens with zero attached hydrogens (tertiary/aromatic N) is 1. The Hall–Kier alpha value is -1.27. The number of likely N-dealkylation sites (tertiary alicyclic amines) is 1. The minimum absolute atomic E-state index is 0.313. The number of rotatable bonds is 2. The SMILES string of the molecule is Cc1cc(Br)c(NC(=O)N2CCC(C(=O)O)C2C)cc1Cl. The van der Waals surface area contributed by atoms with Crippen molar-refractivity contribution < 1.29 is 14.7 Å². The third-order valence-electron chi connectivity index (χ3n) is 3.82. The quantitative estimate of drug-likeness (QED) is 0.827. The smallest absolute Gasteiger partial charge is 0.322 e. The monoisotopic (exact) mass is 374 g/mol. The van der Waals surface area contributed by atoms with Gasteiger partial charge in [-0.15, -0.1) is 0 Å². The molecule has 114 valence electrons. The highest BCUT2D eigenvalue weighted by Crippen LogP contribution is 2.30. The molecule has 0 spiro atoms. The minimum atomic E-state index is -0.864. The molecule has 1 aromatic carbocycles. The Morgan fingerprint density at radius 2 is 2.14 bits per heavy atom. The summed E-state index contributed by atoms with van der Waals surface area (Å²) < 4.78 is 0.736. The lowest BCUT2D eigenvalue weighted by molar-refractivity contribution is -0.142. The number of aryl methyl sites for hydroxylation is 1. The Kier molecular flexibility index (Phi) is 4.78. The molecule has 2 amide bonds. The standard InChI is InChI=1S/C14H16BrClN2O3/c1-7-5-10(15)12(6-11(7)16)17-14(21)18-4-3-9(8(18)2)13(19)20/h5-6,8-9H,3-4H2,1-2H3,(H,17,21)(H,19,20). The Bertz CT molecular complexity index is 594. The van der Waals surface area contributed by atoms with Gasteiger partial charge in [0.25, 0.3) is 0 Å². The van der Waals surface area contributed by atoms with E-state index in [2.05, 4.69) is 21.2 Å². The van der Waals surface area contributed by atoms with Gasteiger partial charge in [0, 0.05) is 22.1 Å². The van der Waals surface area contributed by atoms with Gasteiger partial charge in [0.15, 0.2) is 0 Å². The molecule has 2 N–H and O–H groups in total. The van der Waals surface area contributed by atoms with Crippen molar-refractivity contribution in [2.24, 2.45) is 5.92 Å². The lowest BCUT2D eigenvalue weighted by Crippen LogP contribution is -2.40. The lowest BCUT2D eigenvalue weighted by atomic mass is 10.0. The number of benzene rings is 1. The predicted molar refractivity (Wildman–Crippen MR) is 84.8 cm³/mol. The molecule has 0 bridgehead atoms. The first-order chi connectivity index (χ1) is 9.81. The van der Waals surface area contributed by atoms with Gasteiger partial charge in [-0.1, -0.05) is 11.6 Å². The maximum atomic E-state index is 12.3. The van der Waals surface area contributed by atoms with Gasteiger partial charge in [0.2, 0.25) is 0 Å². The highest BCUT2D eigenvalue weighted by atomic mass is 79.9. The largest absolute Gasteiger partial charge is 0.481 e. The van der Waals surface area contributed by atoms with Crippen LogP contribution in [0, 0.1) is 12.8 Å². The van der Waals surface area contributed by atoms with Crippen LogP contribution in [-0.2, 0) is 4.79 Å². The van der Waals surface area contributed by atoms with Crippen LogP contribution in [0.4, 0.5) is 10.5 Å². The van der Waals surface area contributed by atoms with E-state index < -0.39 is 11.9 Å². The van der Waals surface area contributed by atoms with Crippen LogP contribution in [0.15, 0.2) is 16.6 Å². The number of amides is 2. The zero-order valence-corrected chi connectivity index (χ0v) is 14.0. The summed E-state index contributed by atoms with van der Waals surface area (Å²) in [5, 5.41) is 12.4. The molecule has 5 nitrogen and oxygen atoms in total. The molecule has 1 heterocycles. The molecular weight excluding hydrogens is 360 g/mol. The number of carbonyl (C=O) groups excluding carboxylic acids is 1. The summed E-state index contributed by atoms with van der Waals surface area (Å²) in [7, 11) is 0. The highest BCUT2D eigenvalue weighted by Gasteiger charge is 2.38. The minimum Gasteiger partial charge on any atom is -0.481 e. The number of urea groups is 1. The highest BCUT2D eigenvalue weighted by molar-refractivity contribution is 9.10. The number of halogens is 2. The van der Waals surface area contributed by atoms with Crippen LogP contribution in [0.1, 0.15) is 18.9 Å². The van der Waals surface area contributed by atoms with Gasteiger partial charge in [-0.2, -0.15) is 0 Å². The van der Waals surface area contributed by atoms with E-state index in [1.54, 1.807) is 17.9 Å². The molecular formula is C14H16BrClN2O3. The van der Waals surface area contributed by atoms with Crippen LogP contribution in [0.3, 0.4) is 0 Å². The normalized spacial score (nSPS) is 21.4. The molecule has 7 heteroatoms. The van der Waals surface area contributed by atoms with Crippen LogP contribution in [0.2, 0.25) is 5.02 Å². The van der Waals surface area contributed by atoms with E-state index in [0.29, 0.717) is 23.7 Å². The first-order valence-electron chi connectivity index (χ1n) is 6.57. The predicted octanol–water partition coefficient (Wildman–Crippen LogP) is 3.74. The number of aliphatic carboxylic acids is 1. The molecule has 1 aliphatic heterocycles. The fourth-order valence-corrected chi connectivity index (χ4v) is 3.21. The molecule has 0 radical (unpaired) electrons. The molecule has 2 atom stereocenters. The molecule has 0 saturated carbocycles. The van der Waals surface area contributed by atoms with E-state index in [1.165, 1.54) is 0 Å². The summed E-state index contributed by atoms with van der Waals surface area (Å²) in [6.45, 7) is 4.06. The van der Waals surface area contributed by atoms with Crippen molar-refractivity contribution in [3.8, 4) is 0 Å². The first kappa shape index (κ1) is 16.1. The van der Waals surface area contributed by atoms with Crippen LogP contribution in [0.25, 0.3) is 0 Å². The Morgan fingerprint density at radius 3 is 2.71 bits per heavy atom. The zero-order chi connectivity index (χ0) is 15.7. The summed E-state index contributed by atoms with van der Waals surface area (Å²) in [4.78, 5) is 24.9. The average molecular weight is 376 g/mol. The van der Waals surface area contributed by atoms with E-state index >= 15 is 0 Å². The number of carbonyl (C=O) groups is 2. The van der Waals surface area contributed by atoms with Gasteiger partial charge in [-0.3, -0.25) is 4.79 Å². The lowest BCUT2D eigenvalue weighted by Gasteiger charge is -2.24. The van der Waals surface area contributed by atoms with Gasteiger partial charge in [-0.05, 0) is 53.9 Å². The number of carboxylic acids is 1. The Balaban J connectivity index is 2.12. The van der Waals surface area contributed by atoms with Crippen molar-refractivity contribution >= 4 is 45.2 Å². The van der Waals surface area contributed by atoms with Gasteiger partial charge in [0.05, 0.1) is 11.6 Å². The third-order valence-corrected chi connectivity index (χ3v) is 4.89. The van der Waals surface area contributed by atoms with E-state index in [1.807, 2.05) is 13.0 Å². The molecule has 0 aromatic heterocycles. The van der Waals surface area contributed by atoms with Crippen molar-refractivity contribution in [2.45, 2.75) is 26.3 Å². The number of hydrogen-bond acceptors (Lipinski definition) is 2. The number of hydrogen-bond donors (Lipinski definition) is 2. The summed E-state index contributed by atoms with van der Waals surface area (Å²) in [6, 6.07) is 2.86. The summed E-state index contributed by atoms with van der Waals surface area (Å²) in [5.74, 6) is -1.38. The average Bonchev–Trinajstić information content (AvgIpc) is 2.78. The second kappa shape index (κ2) is 6.23. The molecule has 0 aliphatic carbocycles. The molecule has 1 aliphatic rings. The van der Waals surface area contributed by atoms with Crippen LogP contribution >= 0.6 is 27.5 Å². The fraction of sp³-hybridized carbons (Fsp3) is 0.429. The first-order valence-corrected chi connectivity index (χ1v) is 7.74. The molecule has 1 aromatic rings. The van der Waals surface area contributed by atoms with Crippen molar-refractivity contribution in [2.75, 3.05) is 11.9 Å². The summed E-state index contributed by atoms with van der Waals surface area (Å²) in [6.07, 6.45) is 0.472. The van der Waals surface area contributed by atoms with E-state index in [4.69, 9.17) is 16.7 Å². The van der Waals surface area contributed by atoms with Gasteiger partial charge < -0.3 is 15.3 Å². The summed E-state index contributed by atoms with van der Waals surface area (Å²) in [5.41, 5.74) is 1.48. The van der Waals surface area contributed by atoms with Crippen LogP contribution in [0.5, 0.6) is 0 Å². The maximum Gasteiger partial charge on any atom is 0.322 e. The molecule has 2 rings (SSSR count). The zero-order valence-electron chi connectivity index (χ0n) is 11.7. The topological polar surface area (TPSA) is 69.6 Å². The molecule has 1 saturated heterocycles. The third kappa shape index (κ3) is 3.32. The van der Waals surface area contributed by atoms with E-state index in [9.17, 15) is 9.59 Å².